The molecule has 118 valence electrons. The molecule has 0 saturated heterocycles. The van der Waals surface area contributed by atoms with E-state index >= 15 is 0 Å². The number of rotatable bonds is 1. The van der Waals surface area contributed by atoms with Gasteiger partial charge in [-0.2, -0.15) is 13.2 Å². The Morgan fingerprint density at radius 1 is 0.682 bits per heavy atom. The third-order valence-corrected chi connectivity index (χ3v) is 3.98. The van der Waals surface area contributed by atoms with Crippen LogP contribution >= 0.6 is 0 Å². The van der Waals surface area contributed by atoms with Gasteiger partial charge in [-0.15, -0.1) is 0 Å². The zero-order valence-electron chi connectivity index (χ0n) is 12.5. The van der Waals surface area contributed by atoms with Crippen LogP contribution in [0.1, 0.15) is 49.1 Å². The molecule has 0 unspecified atom stereocenters. The molecule has 0 N–H and O–H groups in total. The summed E-state index contributed by atoms with van der Waals surface area (Å²) in [6.45, 7) is 0. The molecule has 2 aromatic carbocycles. The third-order valence-electron chi connectivity index (χ3n) is 3.98. The quantitative estimate of drug-likeness (QED) is 0.568. The van der Waals surface area contributed by atoms with Gasteiger partial charge in [-0.3, -0.25) is 0 Å². The Balaban J connectivity index is 0.000000164. The van der Waals surface area contributed by atoms with Crippen LogP contribution in [0, 0.1) is 0 Å². The average Bonchev–Trinajstić information content (AvgIpc) is 2.57. The molecule has 22 heavy (non-hydrogen) atoms. The van der Waals surface area contributed by atoms with Crippen molar-refractivity contribution in [2.75, 3.05) is 0 Å². The van der Waals surface area contributed by atoms with E-state index in [2.05, 4.69) is 30.3 Å². The van der Waals surface area contributed by atoms with Gasteiger partial charge in [0, 0.05) is 0 Å². The summed E-state index contributed by atoms with van der Waals surface area (Å²) in [6, 6.07) is 17.3. The van der Waals surface area contributed by atoms with Gasteiger partial charge in [-0.05, 0) is 24.3 Å². The van der Waals surface area contributed by atoms with Crippen LogP contribution in [-0.4, -0.2) is 0 Å². The van der Waals surface area contributed by atoms with Crippen molar-refractivity contribution in [3.63, 3.8) is 0 Å². The maximum atomic E-state index is 11.8. The summed E-state index contributed by atoms with van der Waals surface area (Å²) in [5.74, 6) is 0.861. The van der Waals surface area contributed by atoms with Gasteiger partial charge in [-0.1, -0.05) is 79.9 Å². The maximum Gasteiger partial charge on any atom is 0.416 e. The van der Waals surface area contributed by atoms with Crippen LogP contribution in [0.15, 0.2) is 60.7 Å². The van der Waals surface area contributed by atoms with E-state index < -0.39 is 11.7 Å². The molecule has 0 nitrogen and oxygen atoms in total. The van der Waals surface area contributed by atoms with Crippen LogP contribution in [0.2, 0.25) is 0 Å². The van der Waals surface area contributed by atoms with Gasteiger partial charge in [0.25, 0.3) is 0 Å². The molecule has 3 rings (SSSR count). The lowest BCUT2D eigenvalue weighted by atomic mass is 9.84. The molecule has 0 spiro atoms. The highest BCUT2D eigenvalue weighted by Gasteiger charge is 2.29. The fourth-order valence-electron chi connectivity index (χ4n) is 2.79. The number of halogens is 3. The van der Waals surface area contributed by atoms with Crippen molar-refractivity contribution in [1.82, 2.24) is 0 Å². The van der Waals surface area contributed by atoms with Crippen LogP contribution in [0.3, 0.4) is 0 Å². The van der Waals surface area contributed by atoms with E-state index in [4.69, 9.17) is 0 Å². The van der Waals surface area contributed by atoms with Crippen LogP contribution in [0.25, 0.3) is 0 Å². The molecule has 2 aromatic rings. The monoisotopic (exact) mass is 306 g/mol. The molecule has 3 heteroatoms. The lowest BCUT2D eigenvalue weighted by Crippen LogP contribution is -2.03. The van der Waals surface area contributed by atoms with Crippen LogP contribution in [-0.2, 0) is 6.18 Å². The van der Waals surface area contributed by atoms with Crippen molar-refractivity contribution in [2.45, 2.75) is 44.2 Å². The molecule has 1 fully saturated rings. The normalized spacial score (nSPS) is 15.8. The topological polar surface area (TPSA) is 0 Å². The standard InChI is InChI=1S/C12H16.C7H5F3/c1-3-7-11(8-4-1)12-9-5-2-6-10-12;8-7(9,10)6-4-2-1-3-5-6/h1,3-4,7-8,12H,2,5-6,9-10H2;1-5H. The third kappa shape index (κ3) is 5.21. The summed E-state index contributed by atoms with van der Waals surface area (Å²) in [5, 5.41) is 0. The molecule has 0 amide bonds. The van der Waals surface area contributed by atoms with Gasteiger partial charge in [-0.25, -0.2) is 0 Å². The highest BCUT2D eigenvalue weighted by atomic mass is 19.4. The van der Waals surface area contributed by atoms with Gasteiger partial charge >= 0.3 is 6.18 Å². The molecule has 0 atom stereocenters. The number of benzene rings is 2. The van der Waals surface area contributed by atoms with Crippen molar-refractivity contribution in [3.8, 4) is 0 Å². The van der Waals surface area contributed by atoms with Crippen molar-refractivity contribution in [1.29, 1.82) is 0 Å². The molecule has 0 aromatic heterocycles. The minimum atomic E-state index is -4.21. The molecular formula is C19H21F3. The molecule has 0 heterocycles. The zero-order valence-corrected chi connectivity index (χ0v) is 12.5. The summed E-state index contributed by atoms with van der Waals surface area (Å²) in [4.78, 5) is 0. The van der Waals surface area contributed by atoms with Gasteiger partial charge in [0.2, 0.25) is 0 Å². The predicted octanol–water partition coefficient (Wildman–Crippen LogP) is 6.44. The predicted molar refractivity (Wildman–Crippen MR) is 83.7 cm³/mol. The Hall–Kier alpha value is -1.77. The fourth-order valence-corrected chi connectivity index (χ4v) is 2.79. The first-order chi connectivity index (χ1) is 10.6. The lowest BCUT2D eigenvalue weighted by molar-refractivity contribution is -0.137. The second-order valence-electron chi connectivity index (χ2n) is 5.61. The Morgan fingerprint density at radius 3 is 1.64 bits per heavy atom. The molecular weight excluding hydrogens is 285 g/mol. The minimum absolute atomic E-state index is 0.602. The minimum Gasteiger partial charge on any atom is -0.166 e. The highest BCUT2D eigenvalue weighted by Crippen LogP contribution is 2.32. The first-order valence-corrected chi connectivity index (χ1v) is 7.74. The first kappa shape index (κ1) is 16.6. The molecule has 1 saturated carbocycles. The van der Waals surface area contributed by atoms with E-state index in [0.29, 0.717) is 0 Å². The summed E-state index contributed by atoms with van der Waals surface area (Å²) >= 11 is 0. The Morgan fingerprint density at radius 2 is 1.18 bits per heavy atom. The summed E-state index contributed by atoms with van der Waals surface area (Å²) < 4.78 is 35.4. The summed E-state index contributed by atoms with van der Waals surface area (Å²) in [6.07, 6.45) is 2.91. The van der Waals surface area contributed by atoms with E-state index in [1.165, 1.54) is 44.2 Å². The van der Waals surface area contributed by atoms with Crippen LogP contribution in [0.5, 0.6) is 0 Å². The summed E-state index contributed by atoms with van der Waals surface area (Å²) in [7, 11) is 0. The number of alkyl halides is 3. The average molecular weight is 306 g/mol. The van der Waals surface area contributed by atoms with Crippen molar-refractivity contribution in [3.05, 3.63) is 71.8 Å². The van der Waals surface area contributed by atoms with Crippen LogP contribution < -0.4 is 0 Å². The maximum absolute atomic E-state index is 11.8. The SMILES string of the molecule is FC(F)(F)c1ccccc1.c1ccc(C2CCCCC2)cc1. The molecule has 1 aliphatic rings. The van der Waals surface area contributed by atoms with E-state index in [-0.39, 0.29) is 0 Å². The number of hydrogen-bond acceptors (Lipinski definition) is 0. The molecule has 0 radical (unpaired) electrons. The molecule has 0 bridgehead atoms. The zero-order chi connectivity index (χ0) is 15.8. The van der Waals surface area contributed by atoms with Crippen molar-refractivity contribution < 1.29 is 13.2 Å². The van der Waals surface area contributed by atoms with Crippen molar-refractivity contribution in [2.24, 2.45) is 0 Å². The lowest BCUT2D eigenvalue weighted by Gasteiger charge is -2.21. The first-order valence-electron chi connectivity index (χ1n) is 7.74. The molecule has 1 aliphatic carbocycles. The van der Waals surface area contributed by atoms with E-state index in [9.17, 15) is 13.2 Å². The highest BCUT2D eigenvalue weighted by molar-refractivity contribution is 5.19. The van der Waals surface area contributed by atoms with Crippen molar-refractivity contribution >= 4 is 0 Å². The molecule has 0 aliphatic heterocycles. The van der Waals surface area contributed by atoms with E-state index in [0.717, 1.165) is 18.1 Å². The second kappa shape index (κ2) is 8.02. The Kier molecular flexibility index (Phi) is 6.05. The number of hydrogen-bond donors (Lipinski definition) is 0. The van der Waals surface area contributed by atoms with Gasteiger partial charge in [0.15, 0.2) is 0 Å². The van der Waals surface area contributed by atoms with Gasteiger partial charge in [0.05, 0.1) is 5.56 Å². The fraction of sp³-hybridized carbons (Fsp3) is 0.368. The van der Waals surface area contributed by atoms with E-state index in [1.54, 1.807) is 11.6 Å². The second-order valence-corrected chi connectivity index (χ2v) is 5.61. The van der Waals surface area contributed by atoms with E-state index in [1.807, 2.05) is 0 Å². The Labute approximate surface area is 130 Å². The Bertz CT molecular complexity index is 526. The van der Waals surface area contributed by atoms with Crippen LogP contribution in [0.4, 0.5) is 13.2 Å². The van der Waals surface area contributed by atoms with Gasteiger partial charge in [0.1, 0.15) is 0 Å². The smallest absolute Gasteiger partial charge is 0.166 e. The largest absolute Gasteiger partial charge is 0.416 e. The summed E-state index contributed by atoms with van der Waals surface area (Å²) in [5.41, 5.74) is 0.951. The van der Waals surface area contributed by atoms with Gasteiger partial charge < -0.3 is 0 Å².